The first-order chi connectivity index (χ1) is 10.7. The van der Waals surface area contributed by atoms with Crippen LogP contribution in [0.4, 0.5) is 0 Å². The van der Waals surface area contributed by atoms with E-state index in [-0.39, 0.29) is 0 Å². The molecule has 124 valence electrons. The summed E-state index contributed by atoms with van der Waals surface area (Å²) < 4.78 is 11.1. The first kappa shape index (κ1) is 17.3. The van der Waals surface area contributed by atoms with E-state index in [1.165, 1.54) is 24.1 Å². The molecular formula is C18H30N2O2. The molecule has 0 aromatic heterocycles. The van der Waals surface area contributed by atoms with Crippen LogP contribution in [0, 0.1) is 0 Å². The second kappa shape index (κ2) is 9.13. The Bertz CT molecular complexity index is 443. The third-order valence-electron chi connectivity index (χ3n) is 3.95. The van der Waals surface area contributed by atoms with Gasteiger partial charge in [-0.15, -0.1) is 0 Å². The number of aryl methyl sites for hydroxylation is 1. The fourth-order valence-corrected chi connectivity index (χ4v) is 2.88. The summed E-state index contributed by atoms with van der Waals surface area (Å²) >= 11 is 0. The van der Waals surface area contributed by atoms with E-state index in [1.54, 1.807) is 0 Å². The van der Waals surface area contributed by atoms with Crippen LogP contribution in [0.2, 0.25) is 0 Å². The molecule has 1 aliphatic rings. The lowest BCUT2D eigenvalue weighted by Gasteiger charge is -2.26. The van der Waals surface area contributed by atoms with Crippen LogP contribution in [-0.2, 0) is 17.7 Å². The number of rotatable bonds is 8. The van der Waals surface area contributed by atoms with Crippen LogP contribution in [0.3, 0.4) is 0 Å². The lowest BCUT2D eigenvalue weighted by atomic mass is 10.0. The highest BCUT2D eigenvalue weighted by atomic mass is 16.5. The van der Waals surface area contributed by atoms with E-state index >= 15 is 0 Å². The van der Waals surface area contributed by atoms with E-state index < -0.39 is 0 Å². The van der Waals surface area contributed by atoms with Gasteiger partial charge in [0.25, 0.3) is 0 Å². The molecule has 0 radical (unpaired) electrons. The summed E-state index contributed by atoms with van der Waals surface area (Å²) in [6, 6.07) is 6.65. The molecule has 0 spiro atoms. The molecule has 1 aromatic carbocycles. The third kappa shape index (κ3) is 5.59. The number of benzene rings is 1. The Morgan fingerprint density at radius 3 is 2.68 bits per heavy atom. The van der Waals surface area contributed by atoms with E-state index in [0.29, 0.717) is 0 Å². The van der Waals surface area contributed by atoms with Crippen LogP contribution in [0.1, 0.15) is 24.5 Å². The largest absolute Gasteiger partial charge is 0.494 e. The zero-order valence-corrected chi connectivity index (χ0v) is 14.3. The van der Waals surface area contributed by atoms with Gasteiger partial charge in [0, 0.05) is 25.2 Å². The molecule has 2 rings (SSSR count). The number of hydrogen-bond donors (Lipinski definition) is 0. The van der Waals surface area contributed by atoms with E-state index in [1.807, 2.05) is 6.92 Å². The van der Waals surface area contributed by atoms with E-state index in [4.69, 9.17) is 9.47 Å². The van der Waals surface area contributed by atoms with Crippen molar-refractivity contribution in [2.24, 2.45) is 0 Å². The van der Waals surface area contributed by atoms with Crippen molar-refractivity contribution in [3.8, 4) is 5.75 Å². The Balaban J connectivity index is 1.89. The molecule has 1 saturated heterocycles. The van der Waals surface area contributed by atoms with Crippen molar-refractivity contribution in [1.29, 1.82) is 0 Å². The standard InChI is InChI=1S/C18H30N2O2/c1-4-22-18-8-7-16(14-17(18)15-19(2)3)6-5-9-20-10-12-21-13-11-20/h7-8,14H,4-6,9-13,15H2,1-3H3. The average Bonchev–Trinajstić information content (AvgIpc) is 2.50. The van der Waals surface area contributed by atoms with Gasteiger partial charge in [-0.3, -0.25) is 4.90 Å². The molecule has 1 aromatic rings. The van der Waals surface area contributed by atoms with E-state index in [0.717, 1.165) is 51.6 Å². The third-order valence-corrected chi connectivity index (χ3v) is 3.95. The highest BCUT2D eigenvalue weighted by Crippen LogP contribution is 2.22. The molecule has 4 nitrogen and oxygen atoms in total. The van der Waals surface area contributed by atoms with Gasteiger partial charge in [0.2, 0.25) is 0 Å². The maximum Gasteiger partial charge on any atom is 0.123 e. The van der Waals surface area contributed by atoms with E-state index in [2.05, 4.69) is 42.1 Å². The molecule has 1 fully saturated rings. The van der Waals surface area contributed by atoms with Crippen LogP contribution in [-0.4, -0.2) is 63.4 Å². The van der Waals surface area contributed by atoms with Crippen molar-refractivity contribution in [2.45, 2.75) is 26.3 Å². The van der Waals surface area contributed by atoms with Crippen LogP contribution in [0.15, 0.2) is 18.2 Å². The van der Waals surface area contributed by atoms with Gasteiger partial charge in [-0.05, 0) is 52.0 Å². The Labute approximate surface area is 135 Å². The van der Waals surface area contributed by atoms with Crippen molar-refractivity contribution in [3.05, 3.63) is 29.3 Å². The molecule has 0 aliphatic carbocycles. The summed E-state index contributed by atoms with van der Waals surface area (Å²) in [7, 11) is 4.20. The van der Waals surface area contributed by atoms with Crippen molar-refractivity contribution in [1.82, 2.24) is 9.80 Å². The molecule has 0 bridgehead atoms. The zero-order chi connectivity index (χ0) is 15.8. The summed E-state index contributed by atoms with van der Waals surface area (Å²) in [6.45, 7) is 8.77. The number of hydrogen-bond acceptors (Lipinski definition) is 4. The molecule has 22 heavy (non-hydrogen) atoms. The maximum absolute atomic E-state index is 5.74. The van der Waals surface area contributed by atoms with E-state index in [9.17, 15) is 0 Å². The summed E-state index contributed by atoms with van der Waals surface area (Å²) in [5.41, 5.74) is 2.70. The first-order valence-electron chi connectivity index (χ1n) is 8.38. The highest BCUT2D eigenvalue weighted by molar-refractivity contribution is 5.37. The zero-order valence-electron chi connectivity index (χ0n) is 14.3. The Kier molecular flexibility index (Phi) is 7.16. The van der Waals surface area contributed by atoms with Gasteiger partial charge in [0.1, 0.15) is 5.75 Å². The number of ether oxygens (including phenoxy) is 2. The quantitative estimate of drug-likeness (QED) is 0.736. The summed E-state index contributed by atoms with van der Waals surface area (Å²) in [5.74, 6) is 1.02. The second-order valence-corrected chi connectivity index (χ2v) is 6.17. The predicted octanol–water partition coefficient (Wildman–Crippen LogP) is 2.41. The van der Waals surface area contributed by atoms with Crippen molar-refractivity contribution in [3.63, 3.8) is 0 Å². The van der Waals surface area contributed by atoms with Gasteiger partial charge in [-0.1, -0.05) is 12.1 Å². The Morgan fingerprint density at radius 2 is 2.00 bits per heavy atom. The minimum absolute atomic E-state index is 0.719. The molecule has 0 saturated carbocycles. The SMILES string of the molecule is CCOc1ccc(CCCN2CCOCC2)cc1CN(C)C. The minimum Gasteiger partial charge on any atom is -0.494 e. The van der Waals surface area contributed by atoms with Gasteiger partial charge in [-0.25, -0.2) is 0 Å². The fraction of sp³-hybridized carbons (Fsp3) is 0.667. The fourth-order valence-electron chi connectivity index (χ4n) is 2.88. The number of morpholine rings is 1. The molecular weight excluding hydrogens is 276 g/mol. The molecule has 4 heteroatoms. The smallest absolute Gasteiger partial charge is 0.123 e. The van der Waals surface area contributed by atoms with Crippen molar-refractivity contribution in [2.75, 3.05) is 53.6 Å². The highest BCUT2D eigenvalue weighted by Gasteiger charge is 2.10. The van der Waals surface area contributed by atoms with Crippen LogP contribution in [0.25, 0.3) is 0 Å². The molecule has 0 N–H and O–H groups in total. The molecule has 0 unspecified atom stereocenters. The topological polar surface area (TPSA) is 24.9 Å². The van der Waals surface area contributed by atoms with Crippen LogP contribution in [0.5, 0.6) is 5.75 Å². The van der Waals surface area contributed by atoms with Crippen LogP contribution < -0.4 is 4.74 Å². The monoisotopic (exact) mass is 306 g/mol. The Morgan fingerprint density at radius 1 is 1.23 bits per heavy atom. The van der Waals surface area contributed by atoms with Gasteiger partial charge >= 0.3 is 0 Å². The Hall–Kier alpha value is -1.10. The van der Waals surface area contributed by atoms with Crippen LogP contribution >= 0.6 is 0 Å². The minimum atomic E-state index is 0.719. The second-order valence-electron chi connectivity index (χ2n) is 6.17. The van der Waals surface area contributed by atoms with Gasteiger partial charge in [0.05, 0.1) is 19.8 Å². The van der Waals surface area contributed by atoms with Gasteiger partial charge in [0.15, 0.2) is 0 Å². The maximum atomic E-state index is 5.74. The summed E-state index contributed by atoms with van der Waals surface area (Å²) in [4.78, 5) is 4.69. The lowest BCUT2D eigenvalue weighted by Crippen LogP contribution is -2.36. The molecule has 0 atom stereocenters. The summed E-state index contributed by atoms with van der Waals surface area (Å²) in [5, 5.41) is 0. The van der Waals surface area contributed by atoms with Crippen molar-refractivity contribution < 1.29 is 9.47 Å². The average molecular weight is 306 g/mol. The molecule has 1 aliphatic heterocycles. The predicted molar refractivity (Wildman–Crippen MR) is 90.6 cm³/mol. The summed E-state index contributed by atoms with van der Waals surface area (Å²) in [6.07, 6.45) is 2.33. The molecule has 0 amide bonds. The number of nitrogens with zero attached hydrogens (tertiary/aromatic N) is 2. The lowest BCUT2D eigenvalue weighted by molar-refractivity contribution is 0.0374. The first-order valence-corrected chi connectivity index (χ1v) is 8.38. The van der Waals surface area contributed by atoms with Gasteiger partial charge in [-0.2, -0.15) is 0 Å². The van der Waals surface area contributed by atoms with Gasteiger partial charge < -0.3 is 14.4 Å². The van der Waals surface area contributed by atoms with Crippen molar-refractivity contribution >= 4 is 0 Å². The molecule has 1 heterocycles. The normalized spacial score (nSPS) is 16.2.